The van der Waals surface area contributed by atoms with Gasteiger partial charge in [-0.05, 0) is 26.6 Å². The Hall–Kier alpha value is -0.900. The second kappa shape index (κ2) is 6.32. The molecule has 1 saturated heterocycles. The van der Waals surface area contributed by atoms with Crippen LogP contribution in [0.3, 0.4) is 0 Å². The molecule has 0 amide bonds. The van der Waals surface area contributed by atoms with Crippen molar-refractivity contribution in [1.29, 1.82) is 0 Å². The summed E-state index contributed by atoms with van der Waals surface area (Å²) in [5.74, 6) is 0. The van der Waals surface area contributed by atoms with Crippen LogP contribution in [0, 0.1) is 6.92 Å². The van der Waals surface area contributed by atoms with Gasteiger partial charge in [0.1, 0.15) is 0 Å². The Labute approximate surface area is 111 Å². The Balaban J connectivity index is 1.99. The number of nitrogens with zero attached hydrogens (tertiary/aromatic N) is 2. The van der Waals surface area contributed by atoms with Crippen LogP contribution in [0.5, 0.6) is 0 Å². The Morgan fingerprint density at radius 1 is 1.22 bits per heavy atom. The van der Waals surface area contributed by atoms with Crippen LogP contribution in [0.2, 0.25) is 0 Å². The largest absolute Gasteiger partial charge is 0.318 e. The Bertz CT molecular complexity index is 361. The third-order valence-corrected chi connectivity index (χ3v) is 3.75. The maximum absolute atomic E-state index is 3.31. The number of rotatable bonds is 4. The fourth-order valence-corrected chi connectivity index (χ4v) is 2.61. The standard InChI is InChI=1S/C15H25N3/c1-13-4-6-14(7-5-13)11-18-9-8-17(3)12-15(18)10-16-2/h4-7,15-16H,8-12H2,1-3H3. The Morgan fingerprint density at radius 3 is 2.61 bits per heavy atom. The average molecular weight is 247 g/mol. The van der Waals surface area contributed by atoms with E-state index in [1.54, 1.807) is 0 Å². The summed E-state index contributed by atoms with van der Waals surface area (Å²) in [7, 11) is 4.25. The number of aryl methyl sites for hydroxylation is 1. The average Bonchev–Trinajstić information content (AvgIpc) is 2.36. The van der Waals surface area contributed by atoms with Crippen molar-refractivity contribution in [2.24, 2.45) is 0 Å². The molecule has 1 heterocycles. The molecule has 1 aliphatic rings. The lowest BCUT2D eigenvalue weighted by Crippen LogP contribution is -2.54. The number of benzene rings is 1. The van der Waals surface area contributed by atoms with Gasteiger partial charge in [-0.25, -0.2) is 0 Å². The Kier molecular flexibility index (Phi) is 4.75. The molecule has 1 aliphatic heterocycles. The van der Waals surface area contributed by atoms with Crippen molar-refractivity contribution in [2.75, 3.05) is 40.3 Å². The van der Waals surface area contributed by atoms with Crippen LogP contribution < -0.4 is 5.32 Å². The van der Waals surface area contributed by atoms with Gasteiger partial charge in [0.25, 0.3) is 0 Å². The molecule has 1 aromatic carbocycles. The third-order valence-electron chi connectivity index (χ3n) is 3.75. The second-order valence-corrected chi connectivity index (χ2v) is 5.43. The van der Waals surface area contributed by atoms with Crippen LogP contribution in [-0.2, 0) is 6.54 Å². The first kappa shape index (κ1) is 13.5. The fraction of sp³-hybridized carbons (Fsp3) is 0.600. The zero-order valence-electron chi connectivity index (χ0n) is 11.8. The zero-order valence-corrected chi connectivity index (χ0v) is 11.8. The SMILES string of the molecule is CNCC1CN(C)CCN1Cc1ccc(C)cc1. The highest BCUT2D eigenvalue weighted by molar-refractivity contribution is 5.21. The van der Waals surface area contributed by atoms with Gasteiger partial charge in [-0.15, -0.1) is 0 Å². The van der Waals surface area contributed by atoms with E-state index in [1.807, 2.05) is 7.05 Å². The molecular weight excluding hydrogens is 222 g/mol. The second-order valence-electron chi connectivity index (χ2n) is 5.43. The van der Waals surface area contributed by atoms with Crippen LogP contribution >= 0.6 is 0 Å². The minimum absolute atomic E-state index is 0.620. The lowest BCUT2D eigenvalue weighted by Gasteiger charge is -2.40. The number of nitrogens with one attached hydrogen (secondary N) is 1. The van der Waals surface area contributed by atoms with E-state index in [0.717, 1.165) is 26.2 Å². The van der Waals surface area contributed by atoms with Crippen molar-refractivity contribution in [3.8, 4) is 0 Å². The van der Waals surface area contributed by atoms with Gasteiger partial charge >= 0.3 is 0 Å². The van der Waals surface area contributed by atoms with Gasteiger partial charge < -0.3 is 10.2 Å². The van der Waals surface area contributed by atoms with E-state index in [2.05, 4.69) is 53.4 Å². The van der Waals surface area contributed by atoms with Crippen molar-refractivity contribution >= 4 is 0 Å². The van der Waals surface area contributed by atoms with Crippen LogP contribution in [0.1, 0.15) is 11.1 Å². The summed E-state index contributed by atoms with van der Waals surface area (Å²) in [5, 5.41) is 3.31. The minimum atomic E-state index is 0.620. The first-order chi connectivity index (χ1) is 8.69. The highest BCUT2D eigenvalue weighted by atomic mass is 15.3. The zero-order chi connectivity index (χ0) is 13.0. The van der Waals surface area contributed by atoms with Gasteiger partial charge in [0.15, 0.2) is 0 Å². The van der Waals surface area contributed by atoms with Crippen molar-refractivity contribution in [3.05, 3.63) is 35.4 Å². The van der Waals surface area contributed by atoms with Gasteiger partial charge in [-0.2, -0.15) is 0 Å². The summed E-state index contributed by atoms with van der Waals surface area (Å²) in [6.07, 6.45) is 0. The van der Waals surface area contributed by atoms with E-state index in [-0.39, 0.29) is 0 Å². The lowest BCUT2D eigenvalue weighted by atomic mass is 10.1. The van der Waals surface area contributed by atoms with Crippen molar-refractivity contribution < 1.29 is 0 Å². The summed E-state index contributed by atoms with van der Waals surface area (Å²) >= 11 is 0. The van der Waals surface area contributed by atoms with Gasteiger partial charge in [-0.3, -0.25) is 4.90 Å². The summed E-state index contributed by atoms with van der Waals surface area (Å²) in [4.78, 5) is 5.02. The van der Waals surface area contributed by atoms with E-state index >= 15 is 0 Å². The molecule has 1 fully saturated rings. The monoisotopic (exact) mass is 247 g/mol. The smallest absolute Gasteiger partial charge is 0.0351 e. The molecule has 100 valence electrons. The van der Waals surface area contributed by atoms with Crippen LogP contribution in [-0.4, -0.2) is 56.1 Å². The predicted octanol–water partition coefficient (Wildman–Crippen LogP) is 1.33. The first-order valence-electron chi connectivity index (χ1n) is 6.82. The minimum Gasteiger partial charge on any atom is -0.318 e. The molecule has 3 heteroatoms. The maximum atomic E-state index is 3.31. The molecule has 1 atom stereocenters. The van der Waals surface area contributed by atoms with E-state index in [1.165, 1.54) is 17.7 Å². The molecule has 18 heavy (non-hydrogen) atoms. The number of hydrogen-bond acceptors (Lipinski definition) is 3. The number of hydrogen-bond donors (Lipinski definition) is 1. The maximum Gasteiger partial charge on any atom is 0.0351 e. The quantitative estimate of drug-likeness (QED) is 0.866. The van der Waals surface area contributed by atoms with Crippen molar-refractivity contribution in [1.82, 2.24) is 15.1 Å². The summed E-state index contributed by atoms with van der Waals surface area (Å²) < 4.78 is 0. The lowest BCUT2D eigenvalue weighted by molar-refractivity contribution is 0.0841. The van der Waals surface area contributed by atoms with Gasteiger partial charge in [-0.1, -0.05) is 29.8 Å². The third kappa shape index (κ3) is 3.55. The van der Waals surface area contributed by atoms with Crippen molar-refractivity contribution in [3.63, 3.8) is 0 Å². The van der Waals surface area contributed by atoms with Gasteiger partial charge in [0.05, 0.1) is 0 Å². The predicted molar refractivity (Wildman–Crippen MR) is 76.8 cm³/mol. The fourth-order valence-electron chi connectivity index (χ4n) is 2.61. The summed E-state index contributed by atoms with van der Waals surface area (Å²) in [6.45, 7) is 7.77. The van der Waals surface area contributed by atoms with Crippen LogP contribution in [0.4, 0.5) is 0 Å². The molecule has 0 saturated carbocycles. The summed E-state index contributed by atoms with van der Waals surface area (Å²) in [5.41, 5.74) is 2.76. The highest BCUT2D eigenvalue weighted by Crippen LogP contribution is 2.13. The van der Waals surface area contributed by atoms with Gasteiger partial charge in [0.2, 0.25) is 0 Å². The molecule has 0 aliphatic carbocycles. The van der Waals surface area contributed by atoms with Gasteiger partial charge in [0, 0.05) is 38.8 Å². The number of piperazine rings is 1. The molecular formula is C15H25N3. The molecule has 0 aromatic heterocycles. The molecule has 3 nitrogen and oxygen atoms in total. The number of likely N-dealkylation sites (N-methyl/N-ethyl adjacent to an activating group) is 2. The van der Waals surface area contributed by atoms with Crippen molar-refractivity contribution in [2.45, 2.75) is 19.5 Å². The molecule has 0 spiro atoms. The Morgan fingerprint density at radius 2 is 1.94 bits per heavy atom. The van der Waals surface area contributed by atoms with E-state index < -0.39 is 0 Å². The topological polar surface area (TPSA) is 18.5 Å². The molecule has 0 bridgehead atoms. The molecule has 2 rings (SSSR count). The van der Waals surface area contributed by atoms with Crippen LogP contribution in [0.15, 0.2) is 24.3 Å². The molecule has 1 aromatic rings. The summed E-state index contributed by atoms with van der Waals surface area (Å²) in [6, 6.07) is 9.54. The van der Waals surface area contributed by atoms with E-state index in [9.17, 15) is 0 Å². The molecule has 1 unspecified atom stereocenters. The highest BCUT2D eigenvalue weighted by Gasteiger charge is 2.24. The molecule has 0 radical (unpaired) electrons. The first-order valence-corrected chi connectivity index (χ1v) is 6.82. The molecule has 1 N–H and O–H groups in total. The normalized spacial score (nSPS) is 22.3. The van der Waals surface area contributed by atoms with E-state index in [4.69, 9.17) is 0 Å². The van der Waals surface area contributed by atoms with Crippen LogP contribution in [0.25, 0.3) is 0 Å². The van der Waals surface area contributed by atoms with E-state index in [0.29, 0.717) is 6.04 Å².